The number of nitrogens with one attached hydrogen (secondary N) is 1. The Balaban J connectivity index is 1.58. The number of amides is 1. The number of nitrogens with zero attached hydrogens (tertiary/aromatic N) is 3. The Morgan fingerprint density at radius 3 is 2.77 bits per heavy atom. The van der Waals surface area contributed by atoms with Gasteiger partial charge in [-0.3, -0.25) is 9.36 Å². The van der Waals surface area contributed by atoms with Gasteiger partial charge in [-0.15, -0.1) is 10.2 Å². The Morgan fingerprint density at radius 1 is 1.23 bits per heavy atom. The molecule has 0 fully saturated rings. The second kappa shape index (κ2) is 8.48. The zero-order valence-corrected chi connectivity index (χ0v) is 14.9. The van der Waals surface area contributed by atoms with Crippen molar-refractivity contribution in [2.24, 2.45) is 0 Å². The van der Waals surface area contributed by atoms with Gasteiger partial charge in [0, 0.05) is 17.9 Å². The second-order valence-electron chi connectivity index (χ2n) is 5.31. The highest BCUT2D eigenvalue weighted by Crippen LogP contribution is 2.26. The quantitative estimate of drug-likeness (QED) is 0.643. The molecule has 1 amide bonds. The average Bonchev–Trinajstić information content (AvgIpc) is 3.12. The average molecular weight is 372 g/mol. The van der Waals surface area contributed by atoms with Crippen molar-refractivity contribution >= 4 is 23.4 Å². The highest BCUT2D eigenvalue weighted by molar-refractivity contribution is 7.99. The highest BCUT2D eigenvalue weighted by Gasteiger charge is 2.12. The van der Waals surface area contributed by atoms with Crippen LogP contribution in [0.25, 0.3) is 5.69 Å². The molecule has 3 rings (SSSR count). The number of para-hydroxylation sites is 2. The largest absolute Gasteiger partial charge is 0.495 e. The van der Waals surface area contributed by atoms with Gasteiger partial charge in [0.25, 0.3) is 0 Å². The van der Waals surface area contributed by atoms with Gasteiger partial charge in [-0.2, -0.15) is 0 Å². The molecule has 0 radical (unpaired) electrons. The van der Waals surface area contributed by atoms with Crippen LogP contribution in [0.15, 0.2) is 60.0 Å². The first kappa shape index (κ1) is 17.9. The standard InChI is InChI=1S/C18H17FN4O2S/c1-25-16-5-3-2-4-15(16)23-12-20-22-18(23)26-11-10-17(24)21-14-8-6-13(19)7-9-14/h2-9,12H,10-11H2,1H3,(H,21,24). The van der Waals surface area contributed by atoms with Crippen molar-refractivity contribution in [1.82, 2.24) is 14.8 Å². The van der Waals surface area contributed by atoms with E-state index in [1.807, 2.05) is 28.8 Å². The highest BCUT2D eigenvalue weighted by atomic mass is 32.2. The number of halogens is 1. The molecular formula is C18H17FN4O2S. The molecule has 1 heterocycles. The van der Waals surface area contributed by atoms with Crippen LogP contribution in [-0.2, 0) is 4.79 Å². The number of benzene rings is 2. The minimum absolute atomic E-state index is 0.146. The number of ether oxygens (including phenoxy) is 1. The number of methoxy groups -OCH3 is 1. The van der Waals surface area contributed by atoms with Crippen molar-refractivity contribution in [3.8, 4) is 11.4 Å². The van der Waals surface area contributed by atoms with Crippen LogP contribution in [-0.4, -0.2) is 33.5 Å². The summed E-state index contributed by atoms with van der Waals surface area (Å²) in [6.45, 7) is 0. The van der Waals surface area contributed by atoms with E-state index in [-0.39, 0.29) is 11.7 Å². The third kappa shape index (κ3) is 4.40. The van der Waals surface area contributed by atoms with E-state index in [0.717, 1.165) is 5.69 Å². The fourth-order valence-corrected chi connectivity index (χ4v) is 3.17. The maximum Gasteiger partial charge on any atom is 0.225 e. The van der Waals surface area contributed by atoms with Crippen molar-refractivity contribution in [2.45, 2.75) is 11.6 Å². The molecule has 2 aromatic carbocycles. The molecule has 1 aromatic heterocycles. The van der Waals surface area contributed by atoms with Crippen LogP contribution in [0.5, 0.6) is 5.75 Å². The normalized spacial score (nSPS) is 10.5. The molecular weight excluding hydrogens is 355 g/mol. The van der Waals surface area contributed by atoms with Crippen molar-refractivity contribution < 1.29 is 13.9 Å². The lowest BCUT2D eigenvalue weighted by Gasteiger charge is -2.10. The zero-order valence-electron chi connectivity index (χ0n) is 14.1. The molecule has 0 aliphatic rings. The number of hydrogen-bond acceptors (Lipinski definition) is 5. The first-order chi connectivity index (χ1) is 12.7. The van der Waals surface area contributed by atoms with Crippen LogP contribution in [0.3, 0.4) is 0 Å². The van der Waals surface area contributed by atoms with Gasteiger partial charge in [-0.25, -0.2) is 4.39 Å². The summed E-state index contributed by atoms with van der Waals surface area (Å²) in [6, 6.07) is 13.2. The molecule has 3 aromatic rings. The van der Waals surface area contributed by atoms with E-state index < -0.39 is 0 Å². The van der Waals surface area contributed by atoms with Crippen LogP contribution in [0, 0.1) is 5.82 Å². The number of rotatable bonds is 7. The SMILES string of the molecule is COc1ccccc1-n1cnnc1SCCC(=O)Nc1ccc(F)cc1. The van der Waals surface area contributed by atoms with Gasteiger partial charge >= 0.3 is 0 Å². The summed E-state index contributed by atoms with van der Waals surface area (Å²) in [6.07, 6.45) is 1.90. The van der Waals surface area contributed by atoms with E-state index >= 15 is 0 Å². The third-order valence-corrected chi connectivity index (χ3v) is 4.49. The molecule has 0 aliphatic carbocycles. The first-order valence-electron chi connectivity index (χ1n) is 7.89. The number of hydrogen-bond donors (Lipinski definition) is 1. The van der Waals surface area contributed by atoms with Crippen LogP contribution in [0.4, 0.5) is 10.1 Å². The summed E-state index contributed by atoms with van der Waals surface area (Å²) in [7, 11) is 1.61. The van der Waals surface area contributed by atoms with Crippen LogP contribution >= 0.6 is 11.8 Å². The lowest BCUT2D eigenvalue weighted by atomic mass is 10.3. The minimum atomic E-state index is -0.339. The topological polar surface area (TPSA) is 69.0 Å². The lowest BCUT2D eigenvalue weighted by Crippen LogP contribution is -2.12. The van der Waals surface area contributed by atoms with E-state index in [1.165, 1.54) is 36.0 Å². The minimum Gasteiger partial charge on any atom is -0.495 e. The Morgan fingerprint density at radius 2 is 2.00 bits per heavy atom. The third-order valence-electron chi connectivity index (χ3n) is 3.55. The van der Waals surface area contributed by atoms with E-state index in [9.17, 15) is 9.18 Å². The van der Waals surface area contributed by atoms with Gasteiger partial charge in [0.05, 0.1) is 12.8 Å². The van der Waals surface area contributed by atoms with E-state index in [1.54, 1.807) is 13.4 Å². The summed E-state index contributed by atoms with van der Waals surface area (Å²) in [5.41, 5.74) is 1.40. The second-order valence-corrected chi connectivity index (χ2v) is 6.37. The molecule has 0 unspecified atom stereocenters. The molecule has 0 aliphatic heterocycles. The Bertz CT molecular complexity index is 883. The summed E-state index contributed by atoms with van der Waals surface area (Å²) in [5, 5.41) is 11.5. The van der Waals surface area contributed by atoms with Crippen molar-refractivity contribution in [1.29, 1.82) is 0 Å². The van der Waals surface area contributed by atoms with Crippen LogP contribution in [0.2, 0.25) is 0 Å². The first-order valence-corrected chi connectivity index (χ1v) is 8.87. The molecule has 26 heavy (non-hydrogen) atoms. The predicted octanol–water partition coefficient (Wildman–Crippen LogP) is 3.54. The number of anilines is 1. The van der Waals surface area contributed by atoms with Crippen molar-refractivity contribution in [2.75, 3.05) is 18.2 Å². The van der Waals surface area contributed by atoms with Crippen molar-refractivity contribution in [3.63, 3.8) is 0 Å². The Hall–Kier alpha value is -2.87. The monoisotopic (exact) mass is 372 g/mol. The van der Waals surface area contributed by atoms with Gasteiger partial charge in [-0.05, 0) is 36.4 Å². The summed E-state index contributed by atoms with van der Waals surface area (Å²) >= 11 is 1.42. The van der Waals surface area contributed by atoms with E-state index in [2.05, 4.69) is 15.5 Å². The maximum atomic E-state index is 12.9. The van der Waals surface area contributed by atoms with Crippen LogP contribution < -0.4 is 10.1 Å². The van der Waals surface area contributed by atoms with E-state index in [4.69, 9.17) is 4.74 Å². The summed E-state index contributed by atoms with van der Waals surface area (Å²) in [5.74, 6) is 0.755. The molecule has 6 nitrogen and oxygen atoms in total. The molecule has 1 N–H and O–H groups in total. The van der Waals surface area contributed by atoms with Crippen LogP contribution in [0.1, 0.15) is 6.42 Å². The fourth-order valence-electron chi connectivity index (χ4n) is 2.31. The predicted molar refractivity (Wildman–Crippen MR) is 98.3 cm³/mol. The van der Waals surface area contributed by atoms with Gasteiger partial charge in [0.15, 0.2) is 5.16 Å². The van der Waals surface area contributed by atoms with Gasteiger partial charge in [0.1, 0.15) is 17.9 Å². The number of aromatic nitrogens is 3. The number of thioether (sulfide) groups is 1. The molecule has 0 spiro atoms. The molecule has 0 atom stereocenters. The molecule has 134 valence electrons. The summed E-state index contributed by atoms with van der Waals surface area (Å²) < 4.78 is 20.1. The molecule has 0 saturated carbocycles. The summed E-state index contributed by atoms with van der Waals surface area (Å²) in [4.78, 5) is 12.0. The number of carbonyl (C=O) groups is 1. The lowest BCUT2D eigenvalue weighted by molar-refractivity contribution is -0.115. The van der Waals surface area contributed by atoms with E-state index in [0.29, 0.717) is 28.8 Å². The molecule has 0 bridgehead atoms. The number of carbonyl (C=O) groups excluding carboxylic acids is 1. The maximum absolute atomic E-state index is 12.9. The molecule has 8 heteroatoms. The smallest absolute Gasteiger partial charge is 0.225 e. The van der Waals surface area contributed by atoms with Gasteiger partial charge in [0.2, 0.25) is 5.91 Å². The molecule has 0 saturated heterocycles. The fraction of sp³-hybridized carbons (Fsp3) is 0.167. The van der Waals surface area contributed by atoms with Crippen molar-refractivity contribution in [3.05, 3.63) is 60.7 Å². The Labute approximate surface area is 154 Å². The van der Waals surface area contributed by atoms with Gasteiger partial charge in [-0.1, -0.05) is 23.9 Å². The van der Waals surface area contributed by atoms with Gasteiger partial charge < -0.3 is 10.1 Å². The zero-order chi connectivity index (χ0) is 18.4. The Kier molecular flexibility index (Phi) is 5.85.